The lowest BCUT2D eigenvalue weighted by molar-refractivity contribution is -0.239. The van der Waals surface area contributed by atoms with E-state index in [9.17, 15) is 20.4 Å². The van der Waals surface area contributed by atoms with Crippen molar-refractivity contribution < 1.29 is 25.2 Å². The summed E-state index contributed by atoms with van der Waals surface area (Å²) in [7, 11) is 1.65. The molecule has 1 aliphatic rings. The molecule has 0 aliphatic carbocycles. The first-order valence-electron chi connectivity index (χ1n) is 8.49. The van der Waals surface area contributed by atoms with Crippen LogP contribution in [-0.4, -0.2) is 66.8 Å². The molecule has 8 heteroatoms. The second-order valence-corrected chi connectivity index (χ2v) is 6.71. The van der Waals surface area contributed by atoms with Crippen LogP contribution >= 0.6 is 11.6 Å². The highest BCUT2D eigenvalue weighted by Crippen LogP contribution is 2.30. The van der Waals surface area contributed by atoms with Gasteiger partial charge in [0, 0.05) is 12.6 Å². The minimum absolute atomic E-state index is 0.293. The molecule has 7 nitrogen and oxygen atoms in total. The van der Waals surface area contributed by atoms with Crippen LogP contribution in [0.5, 0.6) is 0 Å². The highest BCUT2D eigenvalue weighted by molar-refractivity contribution is 6.30. The van der Waals surface area contributed by atoms with E-state index in [1.54, 1.807) is 31.3 Å². The predicted octanol–water partition coefficient (Wildman–Crippen LogP) is -0.311. The van der Waals surface area contributed by atoms with Crippen molar-refractivity contribution in [2.24, 2.45) is 7.05 Å². The zero-order valence-electron chi connectivity index (χ0n) is 15.0. The molecule has 28 heavy (non-hydrogen) atoms. The van der Waals surface area contributed by atoms with Crippen molar-refractivity contribution in [3.63, 3.8) is 0 Å². The van der Waals surface area contributed by atoms with Crippen LogP contribution in [0.25, 0.3) is 0 Å². The molecule has 2 heterocycles. The van der Waals surface area contributed by atoms with Gasteiger partial charge in [0.1, 0.15) is 23.5 Å². The summed E-state index contributed by atoms with van der Waals surface area (Å²) in [6.07, 6.45) is -4.24. The monoisotopic (exact) mass is 402 g/mol. The van der Waals surface area contributed by atoms with Crippen molar-refractivity contribution >= 4 is 11.6 Å². The van der Waals surface area contributed by atoms with Crippen LogP contribution in [0.1, 0.15) is 11.1 Å². The van der Waals surface area contributed by atoms with E-state index in [-0.39, 0.29) is 0 Å². The third-order valence-corrected chi connectivity index (χ3v) is 4.88. The summed E-state index contributed by atoms with van der Waals surface area (Å²) in [5, 5.41) is 45.4. The summed E-state index contributed by atoms with van der Waals surface area (Å²) in [6.45, 7) is -0.563. The Labute approximate surface area is 167 Å². The van der Waals surface area contributed by atoms with Gasteiger partial charge in [0.15, 0.2) is 11.7 Å². The van der Waals surface area contributed by atoms with Gasteiger partial charge in [-0.05, 0) is 12.1 Å². The number of ether oxygens (including phenoxy) is 1. The molecule has 0 amide bonds. The van der Waals surface area contributed by atoms with Crippen LogP contribution in [0.2, 0.25) is 5.15 Å². The summed E-state index contributed by atoms with van der Waals surface area (Å²) in [5.41, 5.74) is -1.20. The third-order valence-electron chi connectivity index (χ3n) is 4.43. The molecule has 0 radical (unpaired) electrons. The first-order chi connectivity index (χ1) is 13.4. The normalized spacial score (nSPS) is 29.4. The molecule has 4 N–H and O–H groups in total. The Morgan fingerprint density at radius 2 is 1.96 bits per heavy atom. The fraction of sp³-hybridized carbons (Fsp3) is 0.350. The molecule has 1 saturated heterocycles. The molecular formula is C20H19ClN2O5. The Bertz CT molecular complexity index is 956. The molecule has 1 fully saturated rings. The van der Waals surface area contributed by atoms with E-state index >= 15 is 0 Å². The molecule has 1 aromatic heterocycles. The number of aliphatic hydroxyl groups excluding tert-OH is 3. The Hall–Kier alpha value is -2.36. The Morgan fingerprint density at radius 1 is 1.25 bits per heavy atom. The number of aryl methyl sites for hydroxylation is 1. The summed E-state index contributed by atoms with van der Waals surface area (Å²) < 4.78 is 6.95. The standard InChI is InChI=1S/C20H19ClN2O5/c1-23-19(21)14(11-22-23)7-8-16-20(27,10-9-13-5-3-2-4-6-13)18(26)17(25)15(12-24)28-16/h2-6,11,15-18,24-27H,12H2,1H3/t15-,16-,17-,18+,20-/m1/s1. The number of benzene rings is 1. The van der Waals surface area contributed by atoms with Gasteiger partial charge in [0.05, 0.1) is 18.4 Å². The Balaban J connectivity index is 2.00. The van der Waals surface area contributed by atoms with Gasteiger partial charge in [0.25, 0.3) is 0 Å². The van der Waals surface area contributed by atoms with E-state index in [0.717, 1.165) is 0 Å². The maximum absolute atomic E-state index is 11.1. The molecule has 0 bridgehead atoms. The number of aromatic nitrogens is 2. The molecule has 146 valence electrons. The minimum Gasteiger partial charge on any atom is -0.394 e. The van der Waals surface area contributed by atoms with Gasteiger partial charge in [-0.3, -0.25) is 4.68 Å². The van der Waals surface area contributed by atoms with Crippen LogP contribution in [0.3, 0.4) is 0 Å². The highest BCUT2D eigenvalue weighted by Gasteiger charge is 2.53. The summed E-state index contributed by atoms with van der Waals surface area (Å²) in [5.74, 6) is 10.8. The first-order valence-corrected chi connectivity index (χ1v) is 8.86. The van der Waals surface area contributed by atoms with Crippen LogP contribution in [0, 0.1) is 23.7 Å². The molecule has 1 aromatic carbocycles. The Kier molecular flexibility index (Phi) is 6.07. The number of rotatable bonds is 1. The van der Waals surface area contributed by atoms with Crippen molar-refractivity contribution in [1.29, 1.82) is 0 Å². The van der Waals surface area contributed by atoms with Crippen molar-refractivity contribution in [1.82, 2.24) is 9.78 Å². The van der Waals surface area contributed by atoms with Crippen LogP contribution < -0.4 is 0 Å². The molecule has 0 spiro atoms. The van der Waals surface area contributed by atoms with Crippen molar-refractivity contribution in [2.75, 3.05) is 6.61 Å². The molecular weight excluding hydrogens is 384 g/mol. The average molecular weight is 403 g/mol. The smallest absolute Gasteiger partial charge is 0.191 e. The van der Waals surface area contributed by atoms with E-state index in [1.165, 1.54) is 10.9 Å². The van der Waals surface area contributed by atoms with Gasteiger partial charge in [-0.25, -0.2) is 0 Å². The van der Waals surface area contributed by atoms with Gasteiger partial charge in [-0.15, -0.1) is 0 Å². The topological polar surface area (TPSA) is 108 Å². The maximum atomic E-state index is 11.1. The molecule has 0 saturated carbocycles. The van der Waals surface area contributed by atoms with Gasteiger partial charge in [-0.2, -0.15) is 5.10 Å². The van der Waals surface area contributed by atoms with Gasteiger partial charge < -0.3 is 25.2 Å². The number of halogens is 1. The van der Waals surface area contributed by atoms with E-state index in [2.05, 4.69) is 28.8 Å². The van der Waals surface area contributed by atoms with E-state index in [1.807, 2.05) is 6.07 Å². The van der Waals surface area contributed by atoms with Crippen molar-refractivity contribution in [2.45, 2.75) is 30.0 Å². The Morgan fingerprint density at radius 3 is 2.57 bits per heavy atom. The predicted molar refractivity (Wildman–Crippen MR) is 101 cm³/mol. The highest BCUT2D eigenvalue weighted by atomic mass is 35.5. The fourth-order valence-corrected chi connectivity index (χ4v) is 2.90. The largest absolute Gasteiger partial charge is 0.394 e. The summed E-state index contributed by atoms with van der Waals surface area (Å²) in [4.78, 5) is 0. The molecule has 3 rings (SSSR count). The lowest BCUT2D eigenvalue weighted by atomic mass is 9.82. The third kappa shape index (κ3) is 3.91. The van der Waals surface area contributed by atoms with Gasteiger partial charge >= 0.3 is 0 Å². The zero-order valence-corrected chi connectivity index (χ0v) is 15.7. The van der Waals surface area contributed by atoms with Crippen molar-refractivity contribution in [3.8, 4) is 23.7 Å². The van der Waals surface area contributed by atoms with Gasteiger partial charge in [0.2, 0.25) is 0 Å². The number of hydrogen-bond donors (Lipinski definition) is 4. The minimum atomic E-state index is -2.19. The lowest BCUT2D eigenvalue weighted by Gasteiger charge is -2.43. The number of aliphatic hydroxyl groups is 4. The average Bonchev–Trinajstić information content (AvgIpc) is 3.03. The van der Waals surface area contributed by atoms with E-state index in [0.29, 0.717) is 16.3 Å². The summed E-state index contributed by atoms with van der Waals surface area (Å²) >= 11 is 6.08. The maximum Gasteiger partial charge on any atom is 0.191 e. The van der Waals surface area contributed by atoms with Crippen LogP contribution in [0.15, 0.2) is 36.5 Å². The fourth-order valence-electron chi connectivity index (χ4n) is 2.76. The number of hydrogen-bond acceptors (Lipinski definition) is 6. The SMILES string of the molecule is Cn1ncc(C#C[C@H]2O[C@H](CO)[C@@H](O)[C@H](O)[C@@]2(O)C#Cc2ccccc2)c1Cl. The number of nitrogens with zero attached hydrogens (tertiary/aromatic N) is 2. The van der Waals surface area contributed by atoms with E-state index in [4.69, 9.17) is 16.3 Å². The molecule has 2 aromatic rings. The quantitative estimate of drug-likeness (QED) is 0.487. The second-order valence-electron chi connectivity index (χ2n) is 6.36. The van der Waals surface area contributed by atoms with Crippen LogP contribution in [-0.2, 0) is 11.8 Å². The zero-order chi connectivity index (χ0) is 20.3. The molecule has 0 unspecified atom stereocenters. The molecule has 1 aliphatic heterocycles. The lowest BCUT2D eigenvalue weighted by Crippen LogP contribution is -2.65. The molecule has 5 atom stereocenters. The summed E-state index contributed by atoms with van der Waals surface area (Å²) in [6, 6.07) is 8.84. The van der Waals surface area contributed by atoms with Crippen molar-refractivity contribution in [3.05, 3.63) is 52.8 Å². The van der Waals surface area contributed by atoms with E-state index < -0.39 is 36.6 Å². The van der Waals surface area contributed by atoms with Gasteiger partial charge in [-0.1, -0.05) is 53.5 Å². The van der Waals surface area contributed by atoms with Crippen LogP contribution in [0.4, 0.5) is 0 Å². The first kappa shape index (κ1) is 20.4. The second kappa shape index (κ2) is 8.34.